The molecule has 2 fully saturated rings. The van der Waals surface area contributed by atoms with Crippen molar-refractivity contribution in [2.75, 3.05) is 38.2 Å². The Morgan fingerprint density at radius 2 is 1.57 bits per heavy atom. The fourth-order valence-electron chi connectivity index (χ4n) is 5.54. The number of rotatable bonds is 19. The number of likely N-dealkylation sites (N-methyl/N-ethyl adjacent to an activating group) is 1. The molecular formula is C38H45Cl2F2N3O10S. The Morgan fingerprint density at radius 3 is 2.11 bits per heavy atom. The number of carbonyl (C=O) groups is 2. The lowest BCUT2D eigenvalue weighted by Crippen LogP contribution is -2.48. The largest absolute Gasteiger partial charge is 0.619 e. The van der Waals surface area contributed by atoms with Crippen LogP contribution in [0.5, 0.6) is 17.2 Å². The number of carbonyl (C=O) groups excluding carboxylic acids is 2. The van der Waals surface area contributed by atoms with Crippen LogP contribution in [0.2, 0.25) is 10.0 Å². The molecule has 3 atom stereocenters. The predicted molar refractivity (Wildman–Crippen MR) is 205 cm³/mol. The molecule has 0 amide bonds. The van der Waals surface area contributed by atoms with Gasteiger partial charge in [-0.25, -0.2) is 9.00 Å². The van der Waals surface area contributed by atoms with E-state index in [0.29, 0.717) is 10.3 Å². The molecule has 3 aromatic rings. The summed E-state index contributed by atoms with van der Waals surface area (Å²) in [5.74, 6) is -1.04. The zero-order chi connectivity index (χ0) is 40.9. The van der Waals surface area contributed by atoms with E-state index in [0.717, 1.165) is 42.4 Å². The van der Waals surface area contributed by atoms with E-state index in [1.54, 1.807) is 39.8 Å². The van der Waals surface area contributed by atoms with Crippen molar-refractivity contribution in [2.24, 2.45) is 11.8 Å². The van der Waals surface area contributed by atoms with E-state index in [1.807, 2.05) is 0 Å². The summed E-state index contributed by atoms with van der Waals surface area (Å²) in [6.45, 7) is 2.30. The molecule has 1 N–H and O–H groups in total. The van der Waals surface area contributed by atoms with Gasteiger partial charge in [-0.2, -0.15) is 13.5 Å². The summed E-state index contributed by atoms with van der Waals surface area (Å²) in [4.78, 5) is 28.8. The SMILES string of the molecule is CN(C)C(CN(c1ccc(C(=O)OC(Cc2c(Cl)c[n+]([O-])cc2Cl)c2ccc(OC(F)F)c(OCC3CC3)c2)cc1OCC1CC1)S(=O)O)C(=O)OC(C)(C)C. The van der Waals surface area contributed by atoms with E-state index in [1.165, 1.54) is 36.4 Å². The van der Waals surface area contributed by atoms with E-state index in [-0.39, 0.29) is 82.1 Å². The molecule has 306 valence electrons. The lowest BCUT2D eigenvalue weighted by molar-refractivity contribution is -0.605. The van der Waals surface area contributed by atoms with Crippen LogP contribution in [0.3, 0.4) is 0 Å². The van der Waals surface area contributed by atoms with E-state index >= 15 is 0 Å². The summed E-state index contributed by atoms with van der Waals surface area (Å²) >= 11 is 10.2. The molecule has 18 heteroatoms. The minimum atomic E-state index is -3.12. The molecule has 0 aliphatic heterocycles. The first-order valence-corrected chi connectivity index (χ1v) is 19.7. The molecule has 2 aliphatic rings. The fourth-order valence-corrected chi connectivity index (χ4v) is 6.72. The number of ether oxygens (including phenoxy) is 5. The number of hydrogen-bond donors (Lipinski definition) is 1. The molecule has 13 nitrogen and oxygen atoms in total. The molecule has 0 radical (unpaired) electrons. The van der Waals surface area contributed by atoms with Crippen molar-refractivity contribution < 1.29 is 55.5 Å². The van der Waals surface area contributed by atoms with Gasteiger partial charge in [0.15, 0.2) is 23.9 Å². The monoisotopic (exact) mass is 843 g/mol. The molecule has 2 aromatic carbocycles. The number of benzene rings is 2. The van der Waals surface area contributed by atoms with Gasteiger partial charge in [0.25, 0.3) is 11.3 Å². The van der Waals surface area contributed by atoms with Crippen LogP contribution in [0.15, 0.2) is 48.8 Å². The van der Waals surface area contributed by atoms with Gasteiger partial charge in [-0.15, -0.1) is 0 Å². The molecule has 56 heavy (non-hydrogen) atoms. The summed E-state index contributed by atoms with van der Waals surface area (Å²) in [5, 5.41) is 12.0. The molecule has 1 aromatic heterocycles. The zero-order valence-electron chi connectivity index (χ0n) is 31.5. The van der Waals surface area contributed by atoms with Crippen LogP contribution in [-0.2, 0) is 32.0 Å². The Morgan fingerprint density at radius 1 is 0.964 bits per heavy atom. The lowest BCUT2D eigenvalue weighted by atomic mass is 10.0. The highest BCUT2D eigenvalue weighted by Crippen LogP contribution is 2.39. The van der Waals surface area contributed by atoms with Gasteiger partial charge in [0, 0.05) is 12.0 Å². The van der Waals surface area contributed by atoms with E-state index in [9.17, 15) is 32.3 Å². The van der Waals surface area contributed by atoms with Crippen LogP contribution in [-0.4, -0.2) is 77.7 Å². The quantitative estimate of drug-likeness (QED) is 0.0567. The van der Waals surface area contributed by atoms with Crippen LogP contribution in [0, 0.1) is 17.0 Å². The Kier molecular flexibility index (Phi) is 14.3. The first-order chi connectivity index (χ1) is 26.4. The minimum absolute atomic E-state index is 0.00368. The van der Waals surface area contributed by atoms with Crippen molar-refractivity contribution in [3.63, 3.8) is 0 Å². The first-order valence-electron chi connectivity index (χ1n) is 17.9. The van der Waals surface area contributed by atoms with Gasteiger partial charge in [-0.3, -0.25) is 18.6 Å². The Balaban J connectivity index is 1.50. The molecular weight excluding hydrogens is 799 g/mol. The van der Waals surface area contributed by atoms with Gasteiger partial charge in [0.2, 0.25) is 0 Å². The summed E-state index contributed by atoms with van der Waals surface area (Å²) in [5.41, 5.74) is -0.0883. The second-order valence-electron chi connectivity index (χ2n) is 15.0. The van der Waals surface area contributed by atoms with Crippen LogP contribution in [0.25, 0.3) is 0 Å². The van der Waals surface area contributed by atoms with E-state index in [4.69, 9.17) is 46.9 Å². The van der Waals surface area contributed by atoms with Gasteiger partial charge < -0.3 is 28.9 Å². The maximum absolute atomic E-state index is 14.0. The summed E-state index contributed by atoms with van der Waals surface area (Å²) < 4.78 is 79.8. The number of pyridine rings is 1. The van der Waals surface area contributed by atoms with Gasteiger partial charge >= 0.3 is 18.6 Å². The second kappa shape index (κ2) is 18.5. The van der Waals surface area contributed by atoms with Crippen molar-refractivity contribution in [1.29, 1.82) is 0 Å². The van der Waals surface area contributed by atoms with Crippen molar-refractivity contribution >= 4 is 52.1 Å². The Labute approximate surface area is 336 Å². The molecule has 1 heterocycles. The summed E-state index contributed by atoms with van der Waals surface area (Å²) in [6.07, 6.45) is 4.62. The highest BCUT2D eigenvalue weighted by Gasteiger charge is 2.33. The number of nitrogens with zero attached hydrogens (tertiary/aromatic N) is 3. The number of alkyl halides is 2. The topological polar surface area (TPSA) is 151 Å². The van der Waals surface area contributed by atoms with Gasteiger partial charge in [0.05, 0.1) is 31.0 Å². The highest BCUT2D eigenvalue weighted by atomic mass is 35.5. The maximum Gasteiger partial charge on any atom is 0.387 e. The van der Waals surface area contributed by atoms with Crippen LogP contribution in [0.4, 0.5) is 14.5 Å². The van der Waals surface area contributed by atoms with Gasteiger partial charge in [-0.05, 0) is 108 Å². The van der Waals surface area contributed by atoms with Crippen molar-refractivity contribution in [3.8, 4) is 17.2 Å². The molecule has 0 bridgehead atoms. The van der Waals surface area contributed by atoms with E-state index in [2.05, 4.69) is 0 Å². The molecule has 0 saturated heterocycles. The summed E-state index contributed by atoms with van der Waals surface area (Å²) in [7, 11) is 3.28. The minimum Gasteiger partial charge on any atom is -0.619 e. The van der Waals surface area contributed by atoms with Crippen molar-refractivity contribution in [2.45, 2.75) is 77.2 Å². The van der Waals surface area contributed by atoms with Crippen LogP contribution in [0.1, 0.15) is 74.0 Å². The number of anilines is 1. The number of aromatic nitrogens is 1. The zero-order valence-corrected chi connectivity index (χ0v) is 33.9. The van der Waals surface area contributed by atoms with Gasteiger partial charge in [0.1, 0.15) is 33.5 Å². The maximum atomic E-state index is 14.0. The third-order valence-electron chi connectivity index (χ3n) is 8.89. The average molecular weight is 845 g/mol. The second-order valence-corrected chi connectivity index (χ2v) is 16.7. The smallest absolute Gasteiger partial charge is 0.387 e. The van der Waals surface area contributed by atoms with E-state index < -0.39 is 47.6 Å². The third kappa shape index (κ3) is 12.3. The summed E-state index contributed by atoms with van der Waals surface area (Å²) in [6, 6.07) is 7.36. The van der Waals surface area contributed by atoms with Crippen molar-refractivity contribution in [3.05, 3.63) is 80.7 Å². The first kappa shape index (κ1) is 43.2. The Bertz CT molecular complexity index is 1890. The normalized spacial score (nSPS) is 15.9. The molecule has 3 unspecified atom stereocenters. The predicted octanol–water partition coefficient (Wildman–Crippen LogP) is 7.16. The third-order valence-corrected chi connectivity index (χ3v) is 10.3. The molecule has 2 aliphatic carbocycles. The van der Waals surface area contributed by atoms with Gasteiger partial charge in [-0.1, -0.05) is 29.3 Å². The average Bonchev–Trinajstić information content (AvgIpc) is 4.03. The fraction of sp³-hybridized carbons (Fsp3) is 0.500. The number of halogens is 4. The lowest BCUT2D eigenvalue weighted by Gasteiger charge is -2.31. The molecule has 5 rings (SSSR count). The molecule has 2 saturated carbocycles. The van der Waals surface area contributed by atoms with Crippen molar-refractivity contribution in [1.82, 2.24) is 4.90 Å². The number of hydrogen-bond acceptors (Lipinski definition) is 10. The number of esters is 2. The Hall–Kier alpha value is -3.96. The molecule has 0 spiro atoms. The van der Waals surface area contributed by atoms with Crippen LogP contribution >= 0.6 is 23.2 Å². The highest BCUT2D eigenvalue weighted by molar-refractivity contribution is 7.80. The standard InChI is InChI=1S/C38H45Cl2F2N3O10S/c1-38(2,3)55-36(47)30(43(4)5)19-45(56(49)50)29-12-10-25(15-33(29)51-20-22-6-7-22)35(46)53-32(16-26-27(39)17-44(48)18-28(26)40)24-11-13-31(54-37(41)42)34(14-24)52-21-23-8-9-23/h10-15,17-18,22-23,30,32,37H,6-9,16,19-21H2,1-5H3,(H,49,50). The van der Waals surface area contributed by atoms with Crippen LogP contribution < -0.4 is 23.2 Å².